The Labute approximate surface area is 95.7 Å². The minimum atomic E-state index is -0.364. The molecule has 0 radical (unpaired) electrons. The first kappa shape index (κ1) is 11.1. The second-order valence-electron chi connectivity index (χ2n) is 5.45. The Balaban J connectivity index is 2.37. The van der Waals surface area contributed by atoms with Crippen molar-refractivity contribution < 1.29 is 9.59 Å². The average Bonchev–Trinajstić information content (AvgIpc) is 2.54. The fourth-order valence-electron chi connectivity index (χ4n) is 2.02. The Kier molecular flexibility index (Phi) is 2.45. The summed E-state index contributed by atoms with van der Waals surface area (Å²) in [5.74, 6) is 0.380. The minimum Gasteiger partial charge on any atom is -0.299 e. The number of hydrogen-bond donors (Lipinski definition) is 0. The molecule has 0 unspecified atom stereocenters. The van der Waals surface area contributed by atoms with Gasteiger partial charge in [-0.05, 0) is 17.2 Å². The van der Waals surface area contributed by atoms with E-state index in [1.54, 1.807) is 0 Å². The van der Waals surface area contributed by atoms with Gasteiger partial charge >= 0.3 is 0 Å². The average molecular weight is 216 g/mol. The third-order valence-electron chi connectivity index (χ3n) is 2.92. The van der Waals surface area contributed by atoms with E-state index in [9.17, 15) is 9.59 Å². The molecule has 1 aliphatic carbocycles. The fourth-order valence-corrected chi connectivity index (χ4v) is 2.02. The van der Waals surface area contributed by atoms with Crippen LogP contribution in [0.5, 0.6) is 0 Å². The highest BCUT2D eigenvalue weighted by atomic mass is 16.1. The molecular weight excluding hydrogens is 200 g/mol. The maximum Gasteiger partial charge on any atom is 0.168 e. The zero-order valence-corrected chi connectivity index (χ0v) is 9.96. The molecule has 0 saturated heterocycles. The topological polar surface area (TPSA) is 34.1 Å². The standard InChI is InChI=1S/C14H16O2/c1-14(2,3)13(16)10-5-4-9-7-12(15)8-11(9)6-10/h4-6H,7-8H2,1-3H3. The zero-order valence-electron chi connectivity index (χ0n) is 9.96. The van der Waals surface area contributed by atoms with Crippen LogP contribution in [0.2, 0.25) is 0 Å². The third-order valence-corrected chi connectivity index (χ3v) is 2.92. The fraction of sp³-hybridized carbons (Fsp3) is 0.429. The Morgan fingerprint density at radius 1 is 1.12 bits per heavy atom. The first-order valence-electron chi connectivity index (χ1n) is 5.56. The van der Waals surface area contributed by atoms with Gasteiger partial charge in [-0.1, -0.05) is 32.9 Å². The van der Waals surface area contributed by atoms with Gasteiger partial charge in [0.05, 0.1) is 0 Å². The summed E-state index contributed by atoms with van der Waals surface area (Å²) in [6.45, 7) is 5.73. The predicted molar refractivity (Wildman–Crippen MR) is 62.6 cm³/mol. The number of fused-ring (bicyclic) bond motifs is 1. The van der Waals surface area contributed by atoms with Gasteiger partial charge in [-0.2, -0.15) is 0 Å². The van der Waals surface area contributed by atoms with Gasteiger partial charge in [0.1, 0.15) is 5.78 Å². The Morgan fingerprint density at radius 3 is 2.38 bits per heavy atom. The van der Waals surface area contributed by atoms with Gasteiger partial charge in [-0.25, -0.2) is 0 Å². The van der Waals surface area contributed by atoms with E-state index in [0.717, 1.165) is 16.7 Å². The van der Waals surface area contributed by atoms with Crippen LogP contribution in [0.4, 0.5) is 0 Å². The lowest BCUT2D eigenvalue weighted by molar-refractivity contribution is -0.117. The van der Waals surface area contributed by atoms with Crippen LogP contribution in [-0.2, 0) is 17.6 Å². The molecule has 0 bridgehead atoms. The number of hydrogen-bond acceptors (Lipinski definition) is 2. The van der Waals surface area contributed by atoms with E-state index in [1.807, 2.05) is 39.0 Å². The van der Waals surface area contributed by atoms with Crippen LogP contribution in [0.1, 0.15) is 42.3 Å². The summed E-state index contributed by atoms with van der Waals surface area (Å²) in [5, 5.41) is 0. The summed E-state index contributed by atoms with van der Waals surface area (Å²) in [6, 6.07) is 5.64. The van der Waals surface area contributed by atoms with Crippen molar-refractivity contribution in [3.05, 3.63) is 34.9 Å². The molecule has 0 fully saturated rings. The van der Waals surface area contributed by atoms with Gasteiger partial charge in [0.15, 0.2) is 5.78 Å². The SMILES string of the molecule is CC(C)(C)C(=O)c1ccc2c(c1)CC(=O)C2. The number of ketones is 2. The molecule has 1 aromatic carbocycles. The number of benzene rings is 1. The zero-order chi connectivity index (χ0) is 11.9. The number of Topliss-reactive ketones (excluding diaryl/α,β-unsaturated/α-hetero) is 2. The van der Waals surface area contributed by atoms with Crippen LogP contribution in [0, 0.1) is 5.41 Å². The number of carbonyl (C=O) groups is 2. The van der Waals surface area contributed by atoms with Crippen molar-refractivity contribution >= 4 is 11.6 Å². The number of carbonyl (C=O) groups excluding carboxylic acids is 2. The second-order valence-corrected chi connectivity index (χ2v) is 5.45. The molecule has 1 aromatic rings. The molecular formula is C14H16O2. The molecule has 0 amide bonds. The second kappa shape index (κ2) is 3.55. The smallest absolute Gasteiger partial charge is 0.168 e. The highest BCUT2D eigenvalue weighted by Crippen LogP contribution is 2.25. The van der Waals surface area contributed by atoms with Crippen molar-refractivity contribution in [3.63, 3.8) is 0 Å². The largest absolute Gasteiger partial charge is 0.299 e. The summed E-state index contributed by atoms with van der Waals surface area (Å²) in [4.78, 5) is 23.4. The lowest BCUT2D eigenvalue weighted by Crippen LogP contribution is -2.20. The molecule has 2 heteroatoms. The van der Waals surface area contributed by atoms with Gasteiger partial charge in [0.2, 0.25) is 0 Å². The first-order chi connectivity index (χ1) is 7.38. The minimum absolute atomic E-state index is 0.134. The van der Waals surface area contributed by atoms with E-state index in [-0.39, 0.29) is 17.0 Å². The molecule has 0 spiro atoms. The van der Waals surface area contributed by atoms with Crippen LogP contribution >= 0.6 is 0 Å². The molecule has 0 heterocycles. The monoisotopic (exact) mass is 216 g/mol. The predicted octanol–water partition coefficient (Wildman–Crippen LogP) is 2.58. The Bertz CT molecular complexity index is 464. The molecule has 0 saturated carbocycles. The van der Waals surface area contributed by atoms with Crippen LogP contribution in [0.25, 0.3) is 0 Å². The van der Waals surface area contributed by atoms with Crippen molar-refractivity contribution in [1.29, 1.82) is 0 Å². The lowest BCUT2D eigenvalue weighted by Gasteiger charge is -2.17. The van der Waals surface area contributed by atoms with Crippen LogP contribution in [0.3, 0.4) is 0 Å². The van der Waals surface area contributed by atoms with Crippen LogP contribution in [0.15, 0.2) is 18.2 Å². The molecule has 0 N–H and O–H groups in total. The van der Waals surface area contributed by atoms with Crippen molar-refractivity contribution in [2.24, 2.45) is 5.41 Å². The van der Waals surface area contributed by atoms with Gasteiger partial charge in [-0.15, -0.1) is 0 Å². The van der Waals surface area contributed by atoms with Crippen molar-refractivity contribution in [3.8, 4) is 0 Å². The Morgan fingerprint density at radius 2 is 1.75 bits per heavy atom. The molecule has 2 rings (SSSR count). The van der Waals surface area contributed by atoms with E-state index >= 15 is 0 Å². The maximum absolute atomic E-state index is 12.1. The van der Waals surface area contributed by atoms with Crippen molar-refractivity contribution in [1.82, 2.24) is 0 Å². The highest BCUT2D eigenvalue weighted by Gasteiger charge is 2.25. The van der Waals surface area contributed by atoms with Gasteiger partial charge in [0.25, 0.3) is 0 Å². The maximum atomic E-state index is 12.1. The van der Waals surface area contributed by atoms with E-state index < -0.39 is 0 Å². The van der Waals surface area contributed by atoms with E-state index in [2.05, 4.69) is 0 Å². The van der Waals surface area contributed by atoms with Gasteiger partial charge in [-0.3, -0.25) is 9.59 Å². The van der Waals surface area contributed by atoms with Crippen LogP contribution < -0.4 is 0 Å². The molecule has 1 aliphatic rings. The molecule has 0 atom stereocenters. The molecule has 2 nitrogen and oxygen atoms in total. The summed E-state index contributed by atoms with van der Waals surface area (Å²) >= 11 is 0. The summed E-state index contributed by atoms with van der Waals surface area (Å²) < 4.78 is 0. The van der Waals surface area contributed by atoms with Crippen LogP contribution in [-0.4, -0.2) is 11.6 Å². The quantitative estimate of drug-likeness (QED) is 0.676. The summed E-state index contributed by atoms with van der Waals surface area (Å²) in [6.07, 6.45) is 1.01. The van der Waals surface area contributed by atoms with Crippen molar-refractivity contribution in [2.75, 3.05) is 0 Å². The van der Waals surface area contributed by atoms with E-state index in [1.165, 1.54) is 0 Å². The summed E-state index contributed by atoms with van der Waals surface area (Å²) in [5.41, 5.74) is 2.47. The van der Waals surface area contributed by atoms with E-state index in [0.29, 0.717) is 12.8 Å². The normalized spacial score (nSPS) is 15.1. The van der Waals surface area contributed by atoms with Gasteiger partial charge < -0.3 is 0 Å². The van der Waals surface area contributed by atoms with Gasteiger partial charge in [0, 0.05) is 23.8 Å². The molecule has 16 heavy (non-hydrogen) atoms. The summed E-state index contributed by atoms with van der Waals surface area (Å²) in [7, 11) is 0. The third kappa shape index (κ3) is 1.92. The Hall–Kier alpha value is -1.44. The molecule has 0 aromatic heterocycles. The van der Waals surface area contributed by atoms with E-state index in [4.69, 9.17) is 0 Å². The number of rotatable bonds is 1. The molecule has 84 valence electrons. The first-order valence-corrected chi connectivity index (χ1v) is 5.56. The molecule has 0 aliphatic heterocycles. The lowest BCUT2D eigenvalue weighted by atomic mass is 9.86. The highest BCUT2D eigenvalue weighted by molar-refractivity contribution is 6.00. The van der Waals surface area contributed by atoms with Crippen molar-refractivity contribution in [2.45, 2.75) is 33.6 Å².